The van der Waals surface area contributed by atoms with E-state index >= 15 is 0 Å². The third-order valence-corrected chi connectivity index (χ3v) is 10.9. The van der Waals surface area contributed by atoms with Gasteiger partial charge in [0.1, 0.15) is 0 Å². The highest BCUT2D eigenvalue weighted by atomic mass is 16.1. The molecular formula is C54H57N9O. The second-order valence-corrected chi connectivity index (χ2v) is 16.6. The number of hydrogen-bond donors (Lipinski definition) is 5. The lowest BCUT2D eigenvalue weighted by atomic mass is 10.0. The van der Waals surface area contributed by atoms with E-state index < -0.39 is 0 Å². The van der Waals surface area contributed by atoms with Crippen LogP contribution in [-0.2, 0) is 17.6 Å². The zero-order chi connectivity index (χ0) is 45.0. The van der Waals surface area contributed by atoms with Gasteiger partial charge in [-0.3, -0.25) is 25.1 Å². The second-order valence-electron chi connectivity index (χ2n) is 16.6. The van der Waals surface area contributed by atoms with Gasteiger partial charge in [-0.25, -0.2) is 0 Å². The smallest absolute Gasteiger partial charge is 0.228 e. The molecule has 0 saturated heterocycles. The Morgan fingerprint density at radius 2 is 1.11 bits per heavy atom. The molecule has 10 nitrogen and oxygen atoms in total. The summed E-state index contributed by atoms with van der Waals surface area (Å²) in [6, 6.07) is 39.7. The van der Waals surface area contributed by atoms with E-state index in [-0.39, 0.29) is 5.91 Å². The highest BCUT2D eigenvalue weighted by Gasteiger charge is 2.16. The molecular weight excluding hydrogens is 791 g/mol. The van der Waals surface area contributed by atoms with Gasteiger partial charge in [-0.2, -0.15) is 15.3 Å². The summed E-state index contributed by atoms with van der Waals surface area (Å²) in [5.41, 5.74) is 18.3. The Labute approximate surface area is 375 Å². The zero-order valence-electron chi connectivity index (χ0n) is 37.8. The van der Waals surface area contributed by atoms with Crippen molar-refractivity contribution in [3.63, 3.8) is 0 Å². The number of hydrogen-bond acceptors (Lipinski definition) is 6. The monoisotopic (exact) mass is 847 g/mol. The van der Waals surface area contributed by atoms with Gasteiger partial charge in [-0.1, -0.05) is 88.5 Å². The molecule has 0 aliphatic carbocycles. The number of carbonyl (C=O) groups excluding carboxylic acids is 1. The van der Waals surface area contributed by atoms with Gasteiger partial charge in [0.2, 0.25) is 5.91 Å². The van der Waals surface area contributed by atoms with E-state index in [1.165, 1.54) is 84.6 Å². The van der Waals surface area contributed by atoms with Crippen LogP contribution in [0.25, 0.3) is 43.6 Å². The first kappa shape index (κ1) is 44.5. The summed E-state index contributed by atoms with van der Waals surface area (Å²) in [5, 5.41) is 31.5. The molecule has 12 rings (SSSR count). The van der Waals surface area contributed by atoms with Crippen molar-refractivity contribution >= 4 is 60.9 Å². The summed E-state index contributed by atoms with van der Waals surface area (Å²) in [4.78, 5) is 15.1. The van der Waals surface area contributed by atoms with Crippen LogP contribution >= 0.6 is 0 Å². The standard InChI is InChI=1S/C10H13N.C10H9N.C9H10N2.C9H9NO.2C8H8N2/c2*1-8-4-5-10-9(7-8)3-2-6-11-10;1-6-3-7(2)9-8(4-6)5-10-11-9;1-6-2-3-8-7(4-6)5-9(11)10-8;1-6-2-3-8-7(4-6)5-9-10-8;1-6-2-3-7-5-9-10-8(7)4-6/h4-5,7,11H,2-3,6H2,1H3;2-7H,1H3;3-5H,1-2H3,(H,10,11);2-4H,5H2,1H3,(H,10,11);2*2-5H,1H3,(H,9,10). The minimum absolute atomic E-state index is 0.102. The maximum Gasteiger partial charge on any atom is 0.228 e. The van der Waals surface area contributed by atoms with Crippen LogP contribution in [0, 0.1) is 48.5 Å². The number of fused-ring (bicyclic) bond motifs is 6. The lowest BCUT2D eigenvalue weighted by Gasteiger charge is -2.17. The second kappa shape index (κ2) is 21.0. The van der Waals surface area contributed by atoms with Crippen LogP contribution in [0.5, 0.6) is 0 Å². The van der Waals surface area contributed by atoms with Crippen molar-refractivity contribution in [1.29, 1.82) is 0 Å². The number of nitrogens with one attached hydrogen (secondary N) is 5. The molecule has 324 valence electrons. The van der Waals surface area contributed by atoms with E-state index in [1.54, 1.807) is 0 Å². The Hall–Kier alpha value is -7.59. The lowest BCUT2D eigenvalue weighted by molar-refractivity contribution is -0.115. The van der Waals surface area contributed by atoms with E-state index in [1.807, 2.05) is 68.1 Å². The van der Waals surface area contributed by atoms with Gasteiger partial charge in [0.15, 0.2) is 0 Å². The first-order valence-electron chi connectivity index (χ1n) is 21.7. The summed E-state index contributed by atoms with van der Waals surface area (Å²) in [5.74, 6) is 0.102. The quantitative estimate of drug-likeness (QED) is 0.103. The molecule has 2 aliphatic heterocycles. The van der Waals surface area contributed by atoms with Gasteiger partial charge in [-0.15, -0.1) is 0 Å². The number of carbonyl (C=O) groups is 1. The molecule has 2 aliphatic rings. The highest BCUT2D eigenvalue weighted by Crippen LogP contribution is 2.24. The van der Waals surface area contributed by atoms with Crippen LogP contribution in [0.4, 0.5) is 11.4 Å². The highest BCUT2D eigenvalue weighted by molar-refractivity contribution is 5.99. The van der Waals surface area contributed by atoms with Crippen molar-refractivity contribution < 1.29 is 4.79 Å². The number of nitrogens with zero attached hydrogens (tertiary/aromatic N) is 4. The van der Waals surface area contributed by atoms with Crippen molar-refractivity contribution in [2.24, 2.45) is 0 Å². The maximum atomic E-state index is 10.9. The van der Waals surface area contributed by atoms with Crippen LogP contribution in [-0.4, -0.2) is 48.0 Å². The average molecular weight is 848 g/mol. The third kappa shape index (κ3) is 12.1. The Kier molecular flexibility index (Phi) is 14.6. The van der Waals surface area contributed by atoms with E-state index in [0.29, 0.717) is 6.42 Å². The number of rotatable bonds is 0. The molecule has 0 radical (unpaired) electrons. The molecule has 6 heterocycles. The average Bonchev–Trinajstić information content (AvgIpc) is 4.12. The summed E-state index contributed by atoms with van der Waals surface area (Å²) in [6.07, 6.45) is 10.4. The molecule has 0 spiro atoms. The molecule has 0 atom stereocenters. The molecule has 10 aromatic rings. The molecule has 6 aromatic carbocycles. The van der Waals surface area contributed by atoms with Crippen molar-refractivity contribution in [3.8, 4) is 0 Å². The first-order chi connectivity index (χ1) is 31.0. The number of benzene rings is 6. The Morgan fingerprint density at radius 1 is 0.500 bits per heavy atom. The molecule has 0 saturated carbocycles. The summed E-state index contributed by atoms with van der Waals surface area (Å²) < 4.78 is 0. The van der Waals surface area contributed by atoms with Gasteiger partial charge >= 0.3 is 0 Å². The van der Waals surface area contributed by atoms with Gasteiger partial charge in [-0.05, 0) is 138 Å². The molecule has 0 fully saturated rings. The molecule has 1 amide bonds. The molecule has 0 bridgehead atoms. The van der Waals surface area contributed by atoms with Crippen LogP contribution in [0.15, 0.2) is 140 Å². The van der Waals surface area contributed by atoms with Crippen LogP contribution in [0.3, 0.4) is 0 Å². The fourth-order valence-electron chi connectivity index (χ4n) is 7.69. The lowest BCUT2D eigenvalue weighted by Crippen LogP contribution is -2.11. The van der Waals surface area contributed by atoms with E-state index in [9.17, 15) is 4.79 Å². The minimum atomic E-state index is 0.102. The largest absolute Gasteiger partial charge is 0.385 e. The summed E-state index contributed by atoms with van der Waals surface area (Å²) >= 11 is 0. The van der Waals surface area contributed by atoms with Crippen molar-refractivity contribution in [1.82, 2.24) is 35.6 Å². The molecule has 64 heavy (non-hydrogen) atoms. The molecule has 10 heteroatoms. The molecule has 5 N–H and O–H groups in total. The maximum absolute atomic E-state index is 10.9. The predicted molar refractivity (Wildman–Crippen MR) is 265 cm³/mol. The minimum Gasteiger partial charge on any atom is -0.385 e. The van der Waals surface area contributed by atoms with Crippen molar-refractivity contribution in [3.05, 3.63) is 190 Å². The normalized spacial score (nSPS) is 12.0. The fraction of sp³-hybridized carbons (Fsp3) is 0.204. The van der Waals surface area contributed by atoms with E-state index in [0.717, 1.165) is 39.9 Å². The number of H-pyrrole nitrogens is 3. The Morgan fingerprint density at radius 3 is 1.92 bits per heavy atom. The van der Waals surface area contributed by atoms with E-state index in [2.05, 4.69) is 167 Å². The van der Waals surface area contributed by atoms with Crippen LogP contribution in [0.2, 0.25) is 0 Å². The van der Waals surface area contributed by atoms with Crippen molar-refractivity contribution in [2.45, 2.75) is 67.7 Å². The van der Waals surface area contributed by atoms with Gasteiger partial charge in [0.05, 0.1) is 47.1 Å². The molecule has 4 aromatic heterocycles. The molecule has 0 unspecified atom stereocenters. The van der Waals surface area contributed by atoms with Crippen LogP contribution < -0.4 is 10.6 Å². The Balaban J connectivity index is 0.000000115. The first-order valence-corrected chi connectivity index (χ1v) is 21.7. The summed E-state index contributed by atoms with van der Waals surface area (Å²) in [6.45, 7) is 15.7. The van der Waals surface area contributed by atoms with E-state index in [4.69, 9.17) is 0 Å². The van der Waals surface area contributed by atoms with Gasteiger partial charge < -0.3 is 10.6 Å². The number of amides is 1. The van der Waals surface area contributed by atoms with Crippen LogP contribution in [0.1, 0.15) is 56.5 Å². The number of aromatic nitrogens is 7. The number of aromatic amines is 3. The Bertz CT molecular complexity index is 3070. The number of pyridine rings is 1. The van der Waals surface area contributed by atoms with Gasteiger partial charge in [0.25, 0.3) is 0 Å². The predicted octanol–water partition coefficient (Wildman–Crippen LogP) is 12.3. The SMILES string of the molecule is Cc1cc(C)c2[nH]ncc2c1.Cc1ccc2[nH]ncc2c1.Cc1ccc2c(c1)CC(=O)N2.Cc1ccc2c(c1)CCCN2.Cc1ccc2cn[nH]c2c1.Cc1ccc2ncccc2c1. The van der Waals surface area contributed by atoms with Gasteiger partial charge in [0, 0.05) is 45.7 Å². The third-order valence-electron chi connectivity index (χ3n) is 10.9. The van der Waals surface area contributed by atoms with Crippen molar-refractivity contribution in [2.75, 3.05) is 17.2 Å². The number of aryl methyl sites for hydroxylation is 8. The topological polar surface area (TPSA) is 140 Å². The fourth-order valence-corrected chi connectivity index (χ4v) is 7.69. The zero-order valence-corrected chi connectivity index (χ0v) is 37.8. The summed E-state index contributed by atoms with van der Waals surface area (Å²) in [7, 11) is 0. The number of anilines is 2.